The summed E-state index contributed by atoms with van der Waals surface area (Å²) in [5, 5.41) is 2.09. The van der Waals surface area contributed by atoms with Crippen LogP contribution in [0.5, 0.6) is 0 Å². The van der Waals surface area contributed by atoms with Gasteiger partial charge in [0.15, 0.2) is 0 Å². The van der Waals surface area contributed by atoms with Crippen molar-refractivity contribution in [3.8, 4) is 0 Å². The van der Waals surface area contributed by atoms with E-state index < -0.39 is 0 Å². The number of carbonyl (C=O) groups is 1. The van der Waals surface area contributed by atoms with E-state index in [4.69, 9.17) is 0 Å². The molecule has 1 rings (SSSR count). The molecule has 3 heteroatoms. The van der Waals surface area contributed by atoms with E-state index >= 15 is 0 Å². The molecule has 0 aliphatic rings. The van der Waals surface area contributed by atoms with Crippen LogP contribution in [0.3, 0.4) is 0 Å². The van der Waals surface area contributed by atoms with Crippen LogP contribution in [0.25, 0.3) is 0 Å². The Morgan fingerprint density at radius 1 is 1.64 bits per heavy atom. The van der Waals surface area contributed by atoms with Gasteiger partial charge in [-0.25, -0.2) is 0 Å². The maximum atomic E-state index is 10.8. The van der Waals surface area contributed by atoms with Crippen molar-refractivity contribution in [3.05, 3.63) is 22.4 Å². The van der Waals surface area contributed by atoms with Gasteiger partial charge in [0.05, 0.1) is 0 Å². The highest BCUT2D eigenvalue weighted by molar-refractivity contribution is 7.10. The lowest BCUT2D eigenvalue weighted by Gasteiger charge is -2.23. The predicted octanol–water partition coefficient (Wildman–Crippen LogP) is 2.72. The second-order valence-electron chi connectivity index (χ2n) is 3.62. The van der Waals surface area contributed by atoms with Crippen molar-refractivity contribution in [2.45, 2.75) is 26.3 Å². The Labute approximate surface area is 89.5 Å². The quantitative estimate of drug-likeness (QED) is 0.746. The summed E-state index contributed by atoms with van der Waals surface area (Å²) in [5.74, 6) is 0.259. The molecule has 1 aromatic heterocycles. The maximum Gasteiger partial charge on any atom is 0.131 e. The van der Waals surface area contributed by atoms with Crippen molar-refractivity contribution in [2.75, 3.05) is 13.6 Å². The van der Waals surface area contributed by atoms with E-state index in [9.17, 15) is 4.79 Å². The molecule has 1 heterocycles. The third-order valence-electron chi connectivity index (χ3n) is 2.43. The largest absolute Gasteiger partial charge is 0.300 e. The molecular weight excluding hydrogens is 194 g/mol. The zero-order valence-electron chi connectivity index (χ0n) is 8.99. The summed E-state index contributed by atoms with van der Waals surface area (Å²) in [6, 6.07) is 4.61. The number of Topliss-reactive ketones (excluding diaryl/α,β-unsaturated/α-hetero) is 1. The lowest BCUT2D eigenvalue weighted by Crippen LogP contribution is -2.24. The topological polar surface area (TPSA) is 20.3 Å². The third kappa shape index (κ3) is 3.24. The Morgan fingerprint density at radius 3 is 2.86 bits per heavy atom. The minimum atomic E-state index is 0.259. The number of hydrogen-bond donors (Lipinski definition) is 0. The summed E-state index contributed by atoms with van der Waals surface area (Å²) in [6.07, 6.45) is 0.645. The molecule has 2 nitrogen and oxygen atoms in total. The average molecular weight is 211 g/mol. The molecular formula is C11H17NOS. The molecule has 0 aliphatic carbocycles. The van der Waals surface area contributed by atoms with Crippen LogP contribution in [0.1, 0.15) is 31.2 Å². The molecule has 0 aliphatic heterocycles. The summed E-state index contributed by atoms with van der Waals surface area (Å²) >= 11 is 1.77. The highest BCUT2D eigenvalue weighted by atomic mass is 32.1. The number of ketones is 1. The number of rotatable bonds is 5. The molecule has 78 valence electrons. The van der Waals surface area contributed by atoms with Crippen molar-refractivity contribution in [3.63, 3.8) is 0 Å². The van der Waals surface area contributed by atoms with E-state index in [1.54, 1.807) is 18.3 Å². The Morgan fingerprint density at radius 2 is 2.36 bits per heavy atom. The molecule has 0 saturated carbocycles. The normalized spacial score (nSPS) is 13.1. The van der Waals surface area contributed by atoms with Gasteiger partial charge in [-0.1, -0.05) is 6.07 Å². The van der Waals surface area contributed by atoms with Gasteiger partial charge in [-0.05, 0) is 32.3 Å². The zero-order chi connectivity index (χ0) is 10.6. The van der Waals surface area contributed by atoms with Gasteiger partial charge in [0, 0.05) is 23.9 Å². The highest BCUT2D eigenvalue weighted by Crippen LogP contribution is 2.23. The van der Waals surface area contributed by atoms with Crippen LogP contribution in [0, 0.1) is 0 Å². The van der Waals surface area contributed by atoms with Crippen molar-refractivity contribution < 1.29 is 4.79 Å². The first-order valence-corrected chi connectivity index (χ1v) is 5.72. The molecule has 1 atom stereocenters. The van der Waals surface area contributed by atoms with E-state index in [0.29, 0.717) is 12.5 Å². The first kappa shape index (κ1) is 11.4. The minimum absolute atomic E-state index is 0.259. The first-order valence-electron chi connectivity index (χ1n) is 4.84. The van der Waals surface area contributed by atoms with Crippen molar-refractivity contribution in [1.82, 2.24) is 4.90 Å². The lowest BCUT2D eigenvalue weighted by atomic mass is 10.2. The van der Waals surface area contributed by atoms with E-state index in [0.717, 1.165) is 6.54 Å². The minimum Gasteiger partial charge on any atom is -0.300 e. The molecule has 0 N–H and O–H groups in total. The summed E-state index contributed by atoms with van der Waals surface area (Å²) in [6.45, 7) is 4.66. The molecule has 1 aromatic rings. The van der Waals surface area contributed by atoms with Crippen LogP contribution in [0.15, 0.2) is 17.5 Å². The van der Waals surface area contributed by atoms with Gasteiger partial charge in [0.2, 0.25) is 0 Å². The fourth-order valence-corrected chi connectivity index (χ4v) is 2.12. The van der Waals surface area contributed by atoms with Crippen molar-refractivity contribution >= 4 is 17.1 Å². The molecule has 0 fully saturated rings. The van der Waals surface area contributed by atoms with E-state index in [-0.39, 0.29) is 5.78 Å². The van der Waals surface area contributed by atoms with Crippen molar-refractivity contribution in [2.24, 2.45) is 0 Å². The number of nitrogens with zero attached hydrogens (tertiary/aromatic N) is 1. The molecule has 0 bridgehead atoms. The molecule has 0 radical (unpaired) electrons. The number of carbonyl (C=O) groups excluding carboxylic acids is 1. The van der Waals surface area contributed by atoms with Gasteiger partial charge in [-0.2, -0.15) is 0 Å². The monoisotopic (exact) mass is 211 g/mol. The molecule has 0 saturated heterocycles. The summed E-state index contributed by atoms with van der Waals surface area (Å²) in [4.78, 5) is 14.4. The molecule has 0 aromatic carbocycles. The predicted molar refractivity (Wildman–Crippen MR) is 60.7 cm³/mol. The van der Waals surface area contributed by atoms with Gasteiger partial charge in [0.25, 0.3) is 0 Å². The fourth-order valence-electron chi connectivity index (χ4n) is 1.27. The average Bonchev–Trinajstić information content (AvgIpc) is 2.65. The SMILES string of the molecule is CC(=O)CCN(C)C(C)c1cccs1. The van der Waals surface area contributed by atoms with Gasteiger partial charge in [-0.3, -0.25) is 9.69 Å². The molecule has 0 amide bonds. The first-order chi connectivity index (χ1) is 6.61. The van der Waals surface area contributed by atoms with E-state index in [2.05, 4.69) is 36.4 Å². The Hall–Kier alpha value is -0.670. The lowest BCUT2D eigenvalue weighted by molar-refractivity contribution is -0.117. The van der Waals surface area contributed by atoms with Crippen LogP contribution in [0.4, 0.5) is 0 Å². The molecule has 0 spiro atoms. The zero-order valence-corrected chi connectivity index (χ0v) is 9.80. The van der Waals surface area contributed by atoms with Crippen LogP contribution < -0.4 is 0 Å². The van der Waals surface area contributed by atoms with Gasteiger partial charge < -0.3 is 0 Å². The smallest absolute Gasteiger partial charge is 0.131 e. The third-order valence-corrected chi connectivity index (χ3v) is 3.48. The number of thiophene rings is 1. The molecule has 14 heavy (non-hydrogen) atoms. The van der Waals surface area contributed by atoms with E-state index in [1.165, 1.54) is 4.88 Å². The second-order valence-corrected chi connectivity index (χ2v) is 4.60. The van der Waals surface area contributed by atoms with Gasteiger partial charge >= 0.3 is 0 Å². The second kappa shape index (κ2) is 5.27. The maximum absolute atomic E-state index is 10.8. The summed E-state index contributed by atoms with van der Waals surface area (Å²) in [7, 11) is 2.06. The van der Waals surface area contributed by atoms with Crippen LogP contribution in [-0.4, -0.2) is 24.3 Å². The fraction of sp³-hybridized carbons (Fsp3) is 0.545. The van der Waals surface area contributed by atoms with Crippen molar-refractivity contribution in [1.29, 1.82) is 0 Å². The summed E-state index contributed by atoms with van der Waals surface area (Å²) in [5.41, 5.74) is 0. The van der Waals surface area contributed by atoms with E-state index in [1.807, 2.05) is 0 Å². The Kier molecular flexibility index (Phi) is 4.29. The number of hydrogen-bond acceptors (Lipinski definition) is 3. The summed E-state index contributed by atoms with van der Waals surface area (Å²) < 4.78 is 0. The highest BCUT2D eigenvalue weighted by Gasteiger charge is 2.12. The standard InChI is InChI=1S/C11H17NOS/c1-9(13)6-7-12(3)10(2)11-5-4-8-14-11/h4-5,8,10H,6-7H2,1-3H3. The van der Waals surface area contributed by atoms with Crippen LogP contribution in [-0.2, 0) is 4.79 Å². The molecule has 1 unspecified atom stereocenters. The van der Waals surface area contributed by atoms with Gasteiger partial charge in [-0.15, -0.1) is 11.3 Å². The van der Waals surface area contributed by atoms with Crippen LogP contribution >= 0.6 is 11.3 Å². The van der Waals surface area contributed by atoms with Crippen LogP contribution in [0.2, 0.25) is 0 Å². The van der Waals surface area contributed by atoms with Gasteiger partial charge in [0.1, 0.15) is 5.78 Å². The Balaban J connectivity index is 2.44. The Bertz CT molecular complexity index is 281.